The SMILES string of the molecule is CCc1c(Br)c([N+](=O)[O-])cc2nc(Cl)nc(N(N)C(=O)O)c12. The Morgan fingerprint density at radius 1 is 1.59 bits per heavy atom. The molecule has 0 bridgehead atoms. The van der Waals surface area contributed by atoms with Crippen molar-refractivity contribution in [3.8, 4) is 0 Å². The summed E-state index contributed by atoms with van der Waals surface area (Å²) in [7, 11) is 0. The summed E-state index contributed by atoms with van der Waals surface area (Å²) in [6.07, 6.45) is -1.09. The second kappa shape index (κ2) is 5.99. The van der Waals surface area contributed by atoms with Crippen molar-refractivity contribution in [2.45, 2.75) is 13.3 Å². The van der Waals surface area contributed by atoms with Crippen LogP contribution in [0.3, 0.4) is 0 Å². The fraction of sp³-hybridized carbons (Fsp3) is 0.182. The minimum Gasteiger partial charge on any atom is -0.464 e. The predicted octanol–water partition coefficient (Wildman–Crippen LogP) is 2.87. The third-order valence-electron chi connectivity index (χ3n) is 2.94. The van der Waals surface area contributed by atoms with Gasteiger partial charge in [0.1, 0.15) is 0 Å². The highest BCUT2D eigenvalue weighted by Crippen LogP contribution is 2.38. The fourth-order valence-corrected chi connectivity index (χ4v) is 2.93. The Morgan fingerprint density at radius 2 is 2.23 bits per heavy atom. The first kappa shape index (κ1) is 16.3. The van der Waals surface area contributed by atoms with Gasteiger partial charge in [0, 0.05) is 11.5 Å². The number of nitrogens with two attached hydrogens (primary N) is 1. The third kappa shape index (κ3) is 2.67. The largest absolute Gasteiger partial charge is 0.464 e. The van der Waals surface area contributed by atoms with E-state index < -0.39 is 11.0 Å². The van der Waals surface area contributed by atoms with Crippen molar-refractivity contribution in [3.05, 3.63) is 31.5 Å². The zero-order valence-corrected chi connectivity index (χ0v) is 13.4. The maximum absolute atomic E-state index is 11.1. The van der Waals surface area contributed by atoms with Crippen LogP contribution in [0.2, 0.25) is 5.28 Å². The summed E-state index contributed by atoms with van der Waals surface area (Å²) in [5.74, 6) is 5.34. The van der Waals surface area contributed by atoms with Gasteiger partial charge in [0.25, 0.3) is 5.69 Å². The van der Waals surface area contributed by atoms with E-state index in [4.69, 9.17) is 22.6 Å². The molecule has 0 aliphatic heterocycles. The van der Waals surface area contributed by atoms with Gasteiger partial charge in [-0.2, -0.15) is 9.99 Å². The summed E-state index contributed by atoms with van der Waals surface area (Å²) in [5.41, 5.74) is 0.398. The number of amides is 1. The standard InChI is InChI=1S/C11H9BrClN5O4/c1-2-4-7-5(3-6(8(4)12)18(21)22)15-10(13)16-9(7)17(14)11(19)20/h3H,2,14H2,1H3,(H,19,20). The van der Waals surface area contributed by atoms with E-state index in [-0.39, 0.29) is 32.2 Å². The number of hydrazine groups is 1. The molecule has 116 valence electrons. The molecule has 3 N–H and O–H groups in total. The van der Waals surface area contributed by atoms with E-state index in [2.05, 4.69) is 25.9 Å². The average Bonchev–Trinajstić information content (AvgIpc) is 2.45. The van der Waals surface area contributed by atoms with Gasteiger partial charge >= 0.3 is 6.09 Å². The summed E-state index contributed by atoms with van der Waals surface area (Å²) in [5, 5.41) is 20.6. The molecule has 9 nitrogen and oxygen atoms in total. The predicted molar refractivity (Wildman–Crippen MR) is 83.0 cm³/mol. The molecule has 0 aliphatic carbocycles. The Labute approximate surface area is 136 Å². The number of rotatable bonds is 3. The van der Waals surface area contributed by atoms with E-state index in [1.54, 1.807) is 6.92 Å². The van der Waals surface area contributed by atoms with Crippen molar-refractivity contribution < 1.29 is 14.8 Å². The molecule has 0 atom stereocenters. The Bertz CT molecular complexity index is 800. The number of nitro groups is 1. The molecule has 0 unspecified atom stereocenters. The molecule has 1 amide bonds. The Hall–Kier alpha value is -2.04. The maximum Gasteiger partial charge on any atom is 0.427 e. The van der Waals surface area contributed by atoms with E-state index in [9.17, 15) is 14.9 Å². The van der Waals surface area contributed by atoms with Gasteiger partial charge in [-0.05, 0) is 39.5 Å². The number of anilines is 1. The maximum atomic E-state index is 11.1. The summed E-state index contributed by atoms with van der Waals surface area (Å²) in [6, 6.07) is 1.19. The smallest absolute Gasteiger partial charge is 0.427 e. The van der Waals surface area contributed by atoms with Gasteiger partial charge in [-0.3, -0.25) is 10.1 Å². The van der Waals surface area contributed by atoms with Gasteiger partial charge in [0.15, 0.2) is 5.82 Å². The van der Waals surface area contributed by atoms with Crippen LogP contribution < -0.4 is 10.9 Å². The van der Waals surface area contributed by atoms with Crippen LogP contribution in [0.15, 0.2) is 10.5 Å². The summed E-state index contributed by atoms with van der Waals surface area (Å²) in [4.78, 5) is 29.4. The van der Waals surface area contributed by atoms with Gasteiger partial charge < -0.3 is 5.11 Å². The molecule has 1 heterocycles. The molecule has 1 aromatic heterocycles. The van der Waals surface area contributed by atoms with Gasteiger partial charge in [0.05, 0.1) is 14.9 Å². The first-order chi connectivity index (χ1) is 10.3. The number of nitro benzene ring substituents is 1. The van der Waals surface area contributed by atoms with E-state index in [0.29, 0.717) is 17.0 Å². The topological polar surface area (TPSA) is 135 Å². The molecule has 22 heavy (non-hydrogen) atoms. The lowest BCUT2D eigenvalue weighted by Crippen LogP contribution is -2.37. The molecule has 0 radical (unpaired) electrons. The monoisotopic (exact) mass is 389 g/mol. The van der Waals surface area contributed by atoms with Gasteiger partial charge in [-0.25, -0.2) is 15.6 Å². The van der Waals surface area contributed by atoms with Crippen LogP contribution in [0.4, 0.5) is 16.3 Å². The molecule has 1 aromatic carbocycles. The van der Waals surface area contributed by atoms with Crippen LogP contribution in [0.25, 0.3) is 10.9 Å². The quantitative estimate of drug-likeness (QED) is 0.270. The van der Waals surface area contributed by atoms with E-state index in [0.717, 1.165) is 0 Å². The van der Waals surface area contributed by atoms with E-state index >= 15 is 0 Å². The normalized spacial score (nSPS) is 10.7. The number of benzene rings is 1. The minimum absolute atomic E-state index is 0.137. The van der Waals surface area contributed by atoms with Crippen molar-refractivity contribution >= 4 is 56.0 Å². The first-order valence-corrected chi connectivity index (χ1v) is 7.05. The number of fused-ring (bicyclic) bond motifs is 1. The van der Waals surface area contributed by atoms with Crippen molar-refractivity contribution in [1.29, 1.82) is 0 Å². The number of hydrogen-bond donors (Lipinski definition) is 2. The highest BCUT2D eigenvalue weighted by molar-refractivity contribution is 9.10. The van der Waals surface area contributed by atoms with Crippen LogP contribution in [-0.2, 0) is 6.42 Å². The van der Waals surface area contributed by atoms with E-state index in [1.807, 2.05) is 0 Å². The Kier molecular flexibility index (Phi) is 4.44. The molecular weight excluding hydrogens is 382 g/mol. The Morgan fingerprint density at radius 3 is 2.73 bits per heavy atom. The van der Waals surface area contributed by atoms with Crippen molar-refractivity contribution in [2.24, 2.45) is 5.84 Å². The first-order valence-electron chi connectivity index (χ1n) is 5.88. The van der Waals surface area contributed by atoms with Crippen molar-refractivity contribution in [2.75, 3.05) is 5.01 Å². The minimum atomic E-state index is -1.45. The molecular formula is C11H9BrClN5O4. The number of carboxylic acid groups (broad SMARTS) is 1. The molecule has 2 rings (SSSR count). The highest BCUT2D eigenvalue weighted by Gasteiger charge is 2.25. The fourth-order valence-electron chi connectivity index (χ4n) is 2.02. The number of carbonyl (C=O) groups is 1. The summed E-state index contributed by atoms with van der Waals surface area (Å²) >= 11 is 8.93. The van der Waals surface area contributed by atoms with Gasteiger partial charge in [0.2, 0.25) is 5.28 Å². The van der Waals surface area contributed by atoms with Crippen LogP contribution in [0, 0.1) is 10.1 Å². The molecule has 0 fully saturated rings. The Balaban J connectivity index is 2.97. The van der Waals surface area contributed by atoms with Crippen molar-refractivity contribution in [1.82, 2.24) is 9.97 Å². The second-order valence-corrected chi connectivity index (χ2v) is 5.29. The molecule has 0 spiro atoms. The third-order valence-corrected chi connectivity index (χ3v) is 3.99. The summed E-state index contributed by atoms with van der Waals surface area (Å²) in [6.45, 7) is 1.75. The van der Waals surface area contributed by atoms with Crippen LogP contribution >= 0.6 is 27.5 Å². The molecule has 0 saturated heterocycles. The zero-order valence-electron chi connectivity index (χ0n) is 11.1. The number of hydrogen-bond acceptors (Lipinski definition) is 6. The number of halogens is 2. The average molecular weight is 391 g/mol. The van der Waals surface area contributed by atoms with Gasteiger partial charge in [-0.1, -0.05) is 6.92 Å². The second-order valence-electron chi connectivity index (χ2n) is 4.16. The van der Waals surface area contributed by atoms with E-state index in [1.165, 1.54) is 6.07 Å². The lowest BCUT2D eigenvalue weighted by atomic mass is 10.1. The zero-order chi connectivity index (χ0) is 16.6. The lowest BCUT2D eigenvalue weighted by molar-refractivity contribution is -0.385. The number of aromatic nitrogens is 2. The lowest BCUT2D eigenvalue weighted by Gasteiger charge is -2.16. The molecule has 2 aromatic rings. The summed E-state index contributed by atoms with van der Waals surface area (Å²) < 4.78 is 0.221. The van der Waals surface area contributed by atoms with Crippen LogP contribution in [0.5, 0.6) is 0 Å². The van der Waals surface area contributed by atoms with Crippen LogP contribution in [0.1, 0.15) is 12.5 Å². The van der Waals surface area contributed by atoms with Gasteiger partial charge in [-0.15, -0.1) is 0 Å². The molecule has 0 saturated carbocycles. The number of aryl methyl sites for hydroxylation is 1. The number of nitrogens with zero attached hydrogens (tertiary/aromatic N) is 4. The molecule has 0 aliphatic rings. The van der Waals surface area contributed by atoms with Crippen molar-refractivity contribution in [3.63, 3.8) is 0 Å². The van der Waals surface area contributed by atoms with Crippen LogP contribution in [-0.4, -0.2) is 26.1 Å². The highest BCUT2D eigenvalue weighted by atomic mass is 79.9. The molecule has 11 heteroatoms.